The Balaban J connectivity index is 1.36. The number of nitrogens with zero attached hydrogens (tertiary/aromatic N) is 2. The number of ether oxygens (including phenoxy) is 1. The Kier molecular flexibility index (Phi) is 4.50. The molecule has 0 fully saturated rings. The molecule has 0 saturated heterocycles. The van der Waals surface area contributed by atoms with E-state index in [9.17, 15) is 14.9 Å². The molecule has 1 amide bonds. The number of aromatic nitrogens is 1. The summed E-state index contributed by atoms with van der Waals surface area (Å²) in [6.07, 6.45) is 2.65. The maximum Gasteiger partial charge on any atom is 0.270 e. The largest absolute Gasteiger partial charge is 0.493 e. The molecule has 7 nitrogen and oxygen atoms in total. The van der Waals surface area contributed by atoms with Gasteiger partial charge in [-0.25, -0.2) is 0 Å². The number of non-ortho nitro benzene ring substituents is 1. The van der Waals surface area contributed by atoms with Crippen LogP contribution in [0.2, 0.25) is 0 Å². The normalized spacial score (nSPS) is 15.8. The number of fused-ring (bicyclic) bond motifs is 2. The lowest BCUT2D eigenvalue weighted by Gasteiger charge is -2.25. The standard InChI is InChI=1S/C20H19N3O4/c24-20(21-11-14-9-16-3-1-2-4-19(16)27-13-14)12-22-8-7-15-10-17(23(25)26)5-6-18(15)22/h1-8,10,14H,9,11-13H2,(H,21,24)/t14-/m0/s1. The molecule has 1 aliphatic rings. The summed E-state index contributed by atoms with van der Waals surface area (Å²) in [6.45, 7) is 1.32. The van der Waals surface area contributed by atoms with Crippen molar-refractivity contribution in [3.63, 3.8) is 0 Å². The number of nitrogens with one attached hydrogen (secondary N) is 1. The highest BCUT2D eigenvalue weighted by atomic mass is 16.6. The maximum atomic E-state index is 12.3. The van der Waals surface area contributed by atoms with E-state index in [4.69, 9.17) is 4.74 Å². The van der Waals surface area contributed by atoms with Crippen molar-refractivity contribution in [1.82, 2.24) is 9.88 Å². The molecule has 0 aliphatic carbocycles. The minimum atomic E-state index is -0.423. The molecular formula is C20H19N3O4. The average molecular weight is 365 g/mol. The van der Waals surface area contributed by atoms with Gasteiger partial charge in [-0.2, -0.15) is 0 Å². The highest BCUT2D eigenvalue weighted by Gasteiger charge is 2.20. The van der Waals surface area contributed by atoms with Gasteiger partial charge in [0.05, 0.1) is 11.5 Å². The second-order valence-electron chi connectivity index (χ2n) is 6.74. The average Bonchev–Trinajstić information content (AvgIpc) is 3.08. The third kappa shape index (κ3) is 3.62. The van der Waals surface area contributed by atoms with E-state index in [-0.39, 0.29) is 24.1 Å². The van der Waals surface area contributed by atoms with Gasteiger partial charge in [-0.1, -0.05) is 18.2 Å². The summed E-state index contributed by atoms with van der Waals surface area (Å²) in [5.41, 5.74) is 2.01. The highest BCUT2D eigenvalue weighted by molar-refractivity contribution is 5.85. The fourth-order valence-corrected chi connectivity index (χ4v) is 3.43. The Morgan fingerprint density at radius 1 is 1.26 bits per heavy atom. The monoisotopic (exact) mass is 365 g/mol. The Bertz CT molecular complexity index is 1010. The van der Waals surface area contributed by atoms with Crippen LogP contribution in [0.3, 0.4) is 0 Å². The van der Waals surface area contributed by atoms with Crippen LogP contribution in [-0.2, 0) is 17.8 Å². The van der Waals surface area contributed by atoms with Crippen molar-refractivity contribution in [2.24, 2.45) is 5.92 Å². The van der Waals surface area contributed by atoms with Gasteiger partial charge < -0.3 is 14.6 Å². The van der Waals surface area contributed by atoms with Gasteiger partial charge in [0.15, 0.2) is 0 Å². The van der Waals surface area contributed by atoms with Crippen LogP contribution < -0.4 is 10.1 Å². The van der Waals surface area contributed by atoms with Gasteiger partial charge in [0.1, 0.15) is 12.3 Å². The van der Waals surface area contributed by atoms with Gasteiger partial charge >= 0.3 is 0 Å². The lowest BCUT2D eigenvalue weighted by atomic mass is 9.97. The first-order chi connectivity index (χ1) is 13.1. The summed E-state index contributed by atoms with van der Waals surface area (Å²) in [5, 5.41) is 14.6. The van der Waals surface area contributed by atoms with E-state index in [0.29, 0.717) is 13.2 Å². The number of nitro benzene ring substituents is 1. The molecular weight excluding hydrogens is 346 g/mol. The number of carbonyl (C=O) groups excluding carboxylic acids is 1. The molecule has 0 bridgehead atoms. The topological polar surface area (TPSA) is 86.4 Å². The summed E-state index contributed by atoms with van der Waals surface area (Å²) in [5.74, 6) is 1.07. The lowest BCUT2D eigenvalue weighted by molar-refractivity contribution is -0.384. The van der Waals surface area contributed by atoms with Gasteiger partial charge in [-0.05, 0) is 30.2 Å². The van der Waals surface area contributed by atoms with E-state index in [0.717, 1.165) is 23.1 Å². The third-order valence-corrected chi connectivity index (χ3v) is 4.82. The van der Waals surface area contributed by atoms with Crippen LogP contribution in [0.15, 0.2) is 54.7 Å². The Hall–Kier alpha value is -3.35. The molecule has 7 heteroatoms. The molecule has 27 heavy (non-hydrogen) atoms. The van der Waals surface area contributed by atoms with E-state index in [2.05, 4.69) is 11.4 Å². The van der Waals surface area contributed by atoms with Crippen molar-refractivity contribution in [2.45, 2.75) is 13.0 Å². The molecule has 2 heterocycles. The van der Waals surface area contributed by atoms with Crippen LogP contribution in [0.4, 0.5) is 5.69 Å². The van der Waals surface area contributed by atoms with Crippen molar-refractivity contribution in [3.05, 3.63) is 70.4 Å². The van der Waals surface area contributed by atoms with Crippen LogP contribution in [0.25, 0.3) is 10.9 Å². The molecule has 2 aromatic carbocycles. The van der Waals surface area contributed by atoms with E-state index in [1.54, 1.807) is 22.9 Å². The minimum absolute atomic E-state index is 0.0438. The Labute approximate surface area is 155 Å². The zero-order chi connectivity index (χ0) is 18.8. The van der Waals surface area contributed by atoms with Crippen molar-refractivity contribution in [1.29, 1.82) is 0 Å². The second-order valence-corrected chi connectivity index (χ2v) is 6.74. The summed E-state index contributed by atoms with van der Waals surface area (Å²) in [6, 6.07) is 14.4. The van der Waals surface area contributed by atoms with Gasteiger partial charge in [0, 0.05) is 41.7 Å². The fraction of sp³-hybridized carbons (Fsp3) is 0.250. The fourth-order valence-electron chi connectivity index (χ4n) is 3.43. The first-order valence-corrected chi connectivity index (χ1v) is 8.81. The molecule has 1 N–H and O–H groups in total. The summed E-state index contributed by atoms with van der Waals surface area (Å²) < 4.78 is 7.54. The first kappa shape index (κ1) is 17.1. The number of nitro groups is 1. The zero-order valence-corrected chi connectivity index (χ0v) is 14.6. The van der Waals surface area contributed by atoms with Gasteiger partial charge in [-0.3, -0.25) is 14.9 Å². The van der Waals surface area contributed by atoms with Gasteiger partial charge in [-0.15, -0.1) is 0 Å². The highest BCUT2D eigenvalue weighted by Crippen LogP contribution is 2.26. The minimum Gasteiger partial charge on any atom is -0.493 e. The molecule has 4 rings (SSSR count). The van der Waals surface area contributed by atoms with Crippen LogP contribution in [0.1, 0.15) is 5.56 Å². The molecule has 3 aromatic rings. The number of para-hydroxylation sites is 1. The quantitative estimate of drug-likeness (QED) is 0.556. The zero-order valence-electron chi connectivity index (χ0n) is 14.6. The summed E-state index contributed by atoms with van der Waals surface area (Å²) in [7, 11) is 0. The van der Waals surface area contributed by atoms with Crippen molar-refractivity contribution < 1.29 is 14.5 Å². The summed E-state index contributed by atoms with van der Waals surface area (Å²) in [4.78, 5) is 22.8. The molecule has 138 valence electrons. The van der Waals surface area contributed by atoms with Gasteiger partial charge in [0.25, 0.3) is 5.69 Å². The lowest BCUT2D eigenvalue weighted by Crippen LogP contribution is -2.36. The molecule has 1 aliphatic heterocycles. The Morgan fingerprint density at radius 2 is 2.11 bits per heavy atom. The Morgan fingerprint density at radius 3 is 2.96 bits per heavy atom. The summed E-state index contributed by atoms with van der Waals surface area (Å²) >= 11 is 0. The van der Waals surface area contributed by atoms with Crippen molar-refractivity contribution >= 4 is 22.5 Å². The predicted octanol–water partition coefficient (Wildman–Crippen LogP) is 2.92. The molecule has 0 unspecified atom stereocenters. The number of rotatable bonds is 5. The van der Waals surface area contributed by atoms with Crippen LogP contribution in [0, 0.1) is 16.0 Å². The molecule has 0 radical (unpaired) electrons. The molecule has 1 atom stereocenters. The molecule has 0 spiro atoms. The molecule has 0 saturated carbocycles. The van der Waals surface area contributed by atoms with Gasteiger partial charge in [0.2, 0.25) is 5.91 Å². The van der Waals surface area contributed by atoms with E-state index < -0.39 is 4.92 Å². The number of carbonyl (C=O) groups is 1. The second kappa shape index (κ2) is 7.11. The smallest absolute Gasteiger partial charge is 0.270 e. The van der Waals surface area contributed by atoms with Crippen LogP contribution >= 0.6 is 0 Å². The predicted molar refractivity (Wildman–Crippen MR) is 101 cm³/mol. The SMILES string of the molecule is O=C(Cn1ccc2cc([N+](=O)[O-])ccc21)NC[C@H]1COc2ccccc2C1. The van der Waals surface area contributed by atoms with E-state index >= 15 is 0 Å². The maximum absolute atomic E-state index is 12.3. The van der Waals surface area contributed by atoms with Crippen LogP contribution in [0.5, 0.6) is 5.75 Å². The number of amides is 1. The van der Waals surface area contributed by atoms with Crippen LogP contribution in [-0.4, -0.2) is 28.5 Å². The third-order valence-electron chi connectivity index (χ3n) is 4.82. The first-order valence-electron chi connectivity index (χ1n) is 8.81. The number of benzene rings is 2. The number of hydrogen-bond acceptors (Lipinski definition) is 4. The van der Waals surface area contributed by atoms with E-state index in [1.165, 1.54) is 17.7 Å². The number of hydrogen-bond donors (Lipinski definition) is 1. The molecule has 1 aromatic heterocycles. The van der Waals surface area contributed by atoms with Crippen molar-refractivity contribution in [2.75, 3.05) is 13.2 Å². The van der Waals surface area contributed by atoms with Crippen molar-refractivity contribution in [3.8, 4) is 5.75 Å². The van der Waals surface area contributed by atoms with E-state index in [1.807, 2.05) is 18.2 Å².